The lowest BCUT2D eigenvalue weighted by atomic mass is 10.1. The lowest BCUT2D eigenvalue weighted by Gasteiger charge is -2.35. The van der Waals surface area contributed by atoms with Crippen LogP contribution in [0, 0.1) is 13.8 Å². The molecule has 1 fully saturated rings. The van der Waals surface area contributed by atoms with Gasteiger partial charge in [0.05, 0.1) is 12.0 Å². The van der Waals surface area contributed by atoms with Gasteiger partial charge in [-0.1, -0.05) is 0 Å². The highest BCUT2D eigenvalue weighted by atomic mass is 32.2. The van der Waals surface area contributed by atoms with E-state index in [0.717, 1.165) is 11.1 Å². The van der Waals surface area contributed by atoms with Crippen molar-refractivity contribution in [3.05, 3.63) is 23.3 Å². The summed E-state index contributed by atoms with van der Waals surface area (Å²) in [6.07, 6.45) is 0. The van der Waals surface area contributed by atoms with Crippen LogP contribution in [0.5, 0.6) is 5.75 Å². The van der Waals surface area contributed by atoms with Crippen LogP contribution in [-0.2, 0) is 10.0 Å². The number of piperazine rings is 1. The zero-order chi connectivity index (χ0) is 15.8. The van der Waals surface area contributed by atoms with E-state index in [-0.39, 0.29) is 12.1 Å². The van der Waals surface area contributed by atoms with Gasteiger partial charge in [-0.05, 0) is 51.0 Å². The third kappa shape index (κ3) is 3.22. The van der Waals surface area contributed by atoms with E-state index in [9.17, 15) is 8.42 Å². The zero-order valence-electron chi connectivity index (χ0n) is 13.3. The molecule has 1 aliphatic rings. The molecular formula is C15H24N2O3S. The number of ether oxygens (including phenoxy) is 1. The molecule has 6 heteroatoms. The SMILES string of the molecule is COc1cc(C)c(S(=O)(=O)N2CC(C)NC(C)C2)c(C)c1. The van der Waals surface area contributed by atoms with Gasteiger partial charge in [0.2, 0.25) is 10.0 Å². The molecule has 0 aliphatic carbocycles. The molecule has 0 amide bonds. The third-order valence-corrected chi connectivity index (χ3v) is 5.93. The second-order valence-corrected chi connectivity index (χ2v) is 7.76. The Balaban J connectivity index is 2.44. The molecule has 0 aromatic heterocycles. The predicted molar refractivity (Wildman–Crippen MR) is 83.3 cm³/mol. The Kier molecular flexibility index (Phi) is 4.60. The van der Waals surface area contributed by atoms with Crippen molar-refractivity contribution in [3.8, 4) is 5.75 Å². The average molecular weight is 312 g/mol. The van der Waals surface area contributed by atoms with Crippen molar-refractivity contribution >= 4 is 10.0 Å². The Morgan fingerprint density at radius 2 is 1.62 bits per heavy atom. The lowest BCUT2D eigenvalue weighted by molar-refractivity contribution is 0.262. The van der Waals surface area contributed by atoms with Gasteiger partial charge < -0.3 is 10.1 Å². The van der Waals surface area contributed by atoms with Gasteiger partial charge in [0.25, 0.3) is 0 Å². The van der Waals surface area contributed by atoms with Crippen molar-refractivity contribution in [2.75, 3.05) is 20.2 Å². The molecule has 0 saturated carbocycles. The molecule has 118 valence electrons. The molecule has 1 heterocycles. The number of sulfonamides is 1. The zero-order valence-corrected chi connectivity index (χ0v) is 14.1. The third-order valence-electron chi connectivity index (χ3n) is 3.79. The number of hydrogen-bond donors (Lipinski definition) is 1. The van der Waals surface area contributed by atoms with Crippen LogP contribution in [0.4, 0.5) is 0 Å². The number of benzene rings is 1. The van der Waals surface area contributed by atoms with Gasteiger partial charge in [0.15, 0.2) is 0 Å². The number of methoxy groups -OCH3 is 1. The Morgan fingerprint density at radius 1 is 1.14 bits per heavy atom. The maximum Gasteiger partial charge on any atom is 0.243 e. The maximum atomic E-state index is 13.0. The first kappa shape index (κ1) is 16.3. The second-order valence-electron chi connectivity index (χ2n) is 5.88. The Labute approximate surface area is 127 Å². The molecule has 5 nitrogen and oxygen atoms in total. The van der Waals surface area contributed by atoms with Crippen LogP contribution in [-0.4, -0.2) is 45.0 Å². The minimum Gasteiger partial charge on any atom is -0.497 e. The summed E-state index contributed by atoms with van der Waals surface area (Å²) < 4.78 is 32.7. The van der Waals surface area contributed by atoms with E-state index in [0.29, 0.717) is 23.7 Å². The van der Waals surface area contributed by atoms with Crippen LogP contribution < -0.4 is 10.1 Å². The van der Waals surface area contributed by atoms with Crippen LogP contribution in [0.15, 0.2) is 17.0 Å². The van der Waals surface area contributed by atoms with Gasteiger partial charge in [-0.3, -0.25) is 0 Å². The number of hydrogen-bond acceptors (Lipinski definition) is 4. The van der Waals surface area contributed by atoms with Gasteiger partial charge in [-0.25, -0.2) is 8.42 Å². The monoisotopic (exact) mass is 312 g/mol. The van der Waals surface area contributed by atoms with Gasteiger partial charge >= 0.3 is 0 Å². The van der Waals surface area contributed by atoms with Crippen molar-refractivity contribution < 1.29 is 13.2 Å². The smallest absolute Gasteiger partial charge is 0.243 e. The normalized spacial score (nSPS) is 24.0. The van der Waals surface area contributed by atoms with Gasteiger partial charge in [-0.2, -0.15) is 4.31 Å². The summed E-state index contributed by atoms with van der Waals surface area (Å²) in [5.74, 6) is 0.686. The largest absolute Gasteiger partial charge is 0.497 e. The highest BCUT2D eigenvalue weighted by Gasteiger charge is 2.33. The van der Waals surface area contributed by atoms with Gasteiger partial charge in [0, 0.05) is 25.2 Å². The fourth-order valence-electron chi connectivity index (χ4n) is 3.04. The molecule has 21 heavy (non-hydrogen) atoms. The van der Waals surface area contributed by atoms with E-state index in [1.807, 2.05) is 27.7 Å². The maximum absolute atomic E-state index is 13.0. The minimum atomic E-state index is -3.48. The van der Waals surface area contributed by atoms with E-state index in [2.05, 4.69) is 5.32 Å². The summed E-state index contributed by atoms with van der Waals surface area (Å²) in [4.78, 5) is 0.407. The molecule has 1 aliphatic heterocycles. The van der Waals surface area contributed by atoms with Crippen molar-refractivity contribution in [1.29, 1.82) is 0 Å². The molecule has 0 spiro atoms. The fraction of sp³-hybridized carbons (Fsp3) is 0.600. The van der Waals surface area contributed by atoms with Gasteiger partial charge in [0.1, 0.15) is 5.75 Å². The molecule has 2 atom stereocenters. The van der Waals surface area contributed by atoms with Crippen LogP contribution in [0.1, 0.15) is 25.0 Å². The summed E-state index contributed by atoms with van der Waals surface area (Å²) in [5, 5.41) is 3.35. The van der Waals surface area contributed by atoms with Crippen molar-refractivity contribution in [2.24, 2.45) is 0 Å². The Hall–Kier alpha value is -1.11. The molecular weight excluding hydrogens is 288 g/mol. The molecule has 1 aromatic carbocycles. The topological polar surface area (TPSA) is 58.6 Å². The van der Waals surface area contributed by atoms with Crippen molar-refractivity contribution in [2.45, 2.75) is 44.7 Å². The summed E-state index contributed by atoms with van der Waals surface area (Å²) >= 11 is 0. The molecule has 0 radical (unpaired) electrons. The highest BCUT2D eigenvalue weighted by Crippen LogP contribution is 2.29. The summed E-state index contributed by atoms with van der Waals surface area (Å²) in [7, 11) is -1.89. The van der Waals surface area contributed by atoms with E-state index in [1.165, 1.54) is 0 Å². The van der Waals surface area contributed by atoms with E-state index >= 15 is 0 Å². The van der Waals surface area contributed by atoms with Gasteiger partial charge in [-0.15, -0.1) is 0 Å². The lowest BCUT2D eigenvalue weighted by Crippen LogP contribution is -2.55. The number of aryl methyl sites for hydroxylation is 2. The van der Waals surface area contributed by atoms with Crippen LogP contribution >= 0.6 is 0 Å². The molecule has 2 rings (SSSR count). The van der Waals surface area contributed by atoms with E-state index in [4.69, 9.17) is 4.74 Å². The molecule has 1 aromatic rings. The molecule has 0 bridgehead atoms. The van der Waals surface area contributed by atoms with E-state index < -0.39 is 10.0 Å². The van der Waals surface area contributed by atoms with Crippen LogP contribution in [0.25, 0.3) is 0 Å². The minimum absolute atomic E-state index is 0.155. The number of rotatable bonds is 3. The first-order chi connectivity index (χ1) is 9.75. The number of nitrogens with one attached hydrogen (secondary N) is 1. The van der Waals surface area contributed by atoms with Crippen molar-refractivity contribution in [1.82, 2.24) is 9.62 Å². The second kappa shape index (κ2) is 5.94. The quantitative estimate of drug-likeness (QED) is 0.922. The molecule has 1 saturated heterocycles. The standard InChI is InChI=1S/C15H24N2O3S/c1-10-6-14(20-5)7-11(2)15(10)21(18,19)17-8-12(3)16-13(4)9-17/h6-7,12-13,16H,8-9H2,1-5H3. The highest BCUT2D eigenvalue weighted by molar-refractivity contribution is 7.89. The molecule has 1 N–H and O–H groups in total. The molecule has 2 unspecified atom stereocenters. The van der Waals surface area contributed by atoms with Crippen LogP contribution in [0.3, 0.4) is 0 Å². The summed E-state index contributed by atoms with van der Waals surface area (Å²) in [6, 6.07) is 3.86. The predicted octanol–water partition coefficient (Wildman–Crippen LogP) is 1.68. The Morgan fingerprint density at radius 3 is 2.05 bits per heavy atom. The summed E-state index contributed by atoms with van der Waals surface area (Å²) in [6.45, 7) is 8.64. The Bertz CT molecular complexity index is 595. The average Bonchev–Trinajstić information content (AvgIpc) is 2.36. The first-order valence-corrected chi connectivity index (χ1v) is 8.61. The van der Waals surface area contributed by atoms with E-state index in [1.54, 1.807) is 23.5 Å². The fourth-order valence-corrected chi connectivity index (χ4v) is 5.07. The van der Waals surface area contributed by atoms with Crippen molar-refractivity contribution in [3.63, 3.8) is 0 Å². The number of nitrogens with zero attached hydrogens (tertiary/aromatic N) is 1. The van der Waals surface area contributed by atoms with Crippen LogP contribution in [0.2, 0.25) is 0 Å². The first-order valence-electron chi connectivity index (χ1n) is 7.17. The summed E-state index contributed by atoms with van der Waals surface area (Å²) in [5.41, 5.74) is 1.45.